The Labute approximate surface area is 87.6 Å². The maximum Gasteiger partial charge on any atom is -0.00199 e. The minimum Gasteiger partial charge on any atom is -0.316 e. The maximum atomic E-state index is 4.05. The van der Waals surface area contributed by atoms with Gasteiger partial charge in [0.05, 0.1) is 0 Å². The van der Waals surface area contributed by atoms with E-state index in [1.165, 1.54) is 31.5 Å². The zero-order valence-corrected chi connectivity index (χ0v) is 9.13. The lowest BCUT2D eigenvalue weighted by atomic mass is 9.99. The van der Waals surface area contributed by atoms with Crippen molar-refractivity contribution in [2.75, 3.05) is 13.1 Å². The summed E-state index contributed by atoms with van der Waals surface area (Å²) >= 11 is 0. The Balaban J connectivity index is 2.13. The molecule has 1 aliphatic heterocycles. The summed E-state index contributed by atoms with van der Waals surface area (Å²) < 4.78 is 0. The molecule has 0 saturated carbocycles. The van der Waals surface area contributed by atoms with Crippen LogP contribution in [0.5, 0.6) is 0 Å². The van der Waals surface area contributed by atoms with E-state index in [9.17, 15) is 0 Å². The molecule has 0 aromatic carbocycles. The van der Waals surface area contributed by atoms with E-state index in [1.807, 2.05) is 19.1 Å². The molecule has 1 unspecified atom stereocenters. The summed E-state index contributed by atoms with van der Waals surface area (Å²) in [6.07, 6.45) is 12.0. The first-order chi connectivity index (χ1) is 6.83. The number of nitrogens with one attached hydrogen (secondary N) is 1. The molecule has 1 heterocycles. The van der Waals surface area contributed by atoms with Crippen molar-refractivity contribution in [1.82, 2.24) is 5.32 Å². The second-order valence-electron chi connectivity index (χ2n) is 3.94. The molecule has 0 aliphatic carbocycles. The van der Waals surface area contributed by atoms with Crippen molar-refractivity contribution in [3.05, 3.63) is 36.5 Å². The smallest absolute Gasteiger partial charge is 0.00199 e. The number of hydrogen-bond donors (Lipinski definition) is 1. The van der Waals surface area contributed by atoms with Gasteiger partial charge in [0.1, 0.15) is 0 Å². The fourth-order valence-corrected chi connectivity index (χ4v) is 1.74. The molecular weight excluding hydrogens is 170 g/mol. The van der Waals surface area contributed by atoms with Crippen molar-refractivity contribution in [3.8, 4) is 0 Å². The third kappa shape index (κ3) is 4.43. The van der Waals surface area contributed by atoms with Crippen molar-refractivity contribution in [2.24, 2.45) is 5.92 Å². The minimum atomic E-state index is 0.877. The first-order valence-corrected chi connectivity index (χ1v) is 5.50. The second kappa shape index (κ2) is 6.61. The molecule has 1 aliphatic rings. The Bertz CT molecular complexity index is 219. The number of allylic oxidation sites excluding steroid dienone is 5. The molecule has 0 radical (unpaired) electrons. The van der Waals surface area contributed by atoms with Gasteiger partial charge in [-0.3, -0.25) is 0 Å². The van der Waals surface area contributed by atoms with E-state index < -0.39 is 0 Å². The van der Waals surface area contributed by atoms with Crippen LogP contribution in [-0.2, 0) is 0 Å². The van der Waals surface area contributed by atoms with Gasteiger partial charge in [-0.1, -0.05) is 36.5 Å². The first kappa shape index (κ1) is 11.3. The summed E-state index contributed by atoms with van der Waals surface area (Å²) in [5.74, 6) is 0.877. The van der Waals surface area contributed by atoms with E-state index >= 15 is 0 Å². The molecule has 1 rings (SSSR count). The zero-order valence-electron chi connectivity index (χ0n) is 9.13. The predicted octanol–water partition coefficient (Wildman–Crippen LogP) is 3.06. The van der Waals surface area contributed by atoms with Gasteiger partial charge in [0.25, 0.3) is 0 Å². The van der Waals surface area contributed by atoms with Gasteiger partial charge in [0, 0.05) is 0 Å². The average Bonchev–Trinajstić information content (AvgIpc) is 2.68. The van der Waals surface area contributed by atoms with Gasteiger partial charge >= 0.3 is 0 Å². The van der Waals surface area contributed by atoms with Gasteiger partial charge in [-0.25, -0.2) is 0 Å². The van der Waals surface area contributed by atoms with Crippen molar-refractivity contribution < 1.29 is 0 Å². The number of hydrogen-bond acceptors (Lipinski definition) is 1. The van der Waals surface area contributed by atoms with Crippen LogP contribution >= 0.6 is 0 Å². The Morgan fingerprint density at radius 1 is 1.50 bits per heavy atom. The van der Waals surface area contributed by atoms with Gasteiger partial charge in [-0.2, -0.15) is 0 Å². The Kier molecular flexibility index (Phi) is 5.31. The molecular formula is C13H21N. The van der Waals surface area contributed by atoms with Gasteiger partial charge in [0.15, 0.2) is 0 Å². The third-order valence-corrected chi connectivity index (χ3v) is 2.67. The topological polar surface area (TPSA) is 12.0 Å². The summed E-state index contributed by atoms with van der Waals surface area (Å²) in [5.41, 5.74) is 1.25. The van der Waals surface area contributed by atoms with E-state index in [1.54, 1.807) is 0 Å². The fraction of sp³-hybridized carbons (Fsp3) is 0.538. The van der Waals surface area contributed by atoms with E-state index in [0.29, 0.717) is 0 Å². The lowest BCUT2D eigenvalue weighted by Gasteiger charge is -2.06. The molecule has 1 N–H and O–H groups in total. The van der Waals surface area contributed by atoms with Crippen LogP contribution in [-0.4, -0.2) is 13.1 Å². The largest absolute Gasteiger partial charge is 0.316 e. The van der Waals surface area contributed by atoms with Crippen LogP contribution in [0.1, 0.15) is 26.2 Å². The zero-order chi connectivity index (χ0) is 10.2. The van der Waals surface area contributed by atoms with Crippen molar-refractivity contribution in [3.63, 3.8) is 0 Å². The van der Waals surface area contributed by atoms with E-state index in [4.69, 9.17) is 0 Å². The molecule has 0 aromatic heterocycles. The minimum absolute atomic E-state index is 0.877. The fourth-order valence-electron chi connectivity index (χ4n) is 1.74. The highest BCUT2D eigenvalue weighted by Crippen LogP contribution is 2.17. The van der Waals surface area contributed by atoms with Crippen LogP contribution in [0.4, 0.5) is 0 Å². The molecule has 0 spiro atoms. The summed E-state index contributed by atoms with van der Waals surface area (Å²) in [7, 11) is 0. The monoisotopic (exact) mass is 191 g/mol. The summed E-state index contributed by atoms with van der Waals surface area (Å²) in [4.78, 5) is 0. The molecule has 1 nitrogen and oxygen atoms in total. The molecule has 0 aromatic rings. The standard InChI is InChI=1S/C13H21N/c1-3-4-5-6-12(2)7-8-13-9-10-14-11-13/h3-6,13-14H,2,7-11H2,1H3/b4-3-,6-5-. The highest BCUT2D eigenvalue weighted by Gasteiger charge is 2.13. The Hall–Kier alpha value is -0.820. The summed E-state index contributed by atoms with van der Waals surface area (Å²) in [6, 6.07) is 0. The quantitative estimate of drug-likeness (QED) is 0.659. The van der Waals surface area contributed by atoms with Gasteiger partial charge in [0.2, 0.25) is 0 Å². The molecule has 1 atom stereocenters. The predicted molar refractivity (Wildman–Crippen MR) is 63.3 cm³/mol. The first-order valence-electron chi connectivity index (χ1n) is 5.50. The maximum absolute atomic E-state index is 4.05. The van der Waals surface area contributed by atoms with Crippen LogP contribution in [0.15, 0.2) is 36.5 Å². The van der Waals surface area contributed by atoms with Crippen LogP contribution < -0.4 is 5.32 Å². The Morgan fingerprint density at radius 2 is 2.36 bits per heavy atom. The highest BCUT2D eigenvalue weighted by atomic mass is 14.9. The lowest BCUT2D eigenvalue weighted by Crippen LogP contribution is -2.08. The SMILES string of the molecule is C=C(/C=C\C=C/C)CCC1CCNC1. The summed E-state index contributed by atoms with van der Waals surface area (Å²) in [5, 5.41) is 3.39. The molecule has 14 heavy (non-hydrogen) atoms. The van der Waals surface area contributed by atoms with Gasteiger partial charge < -0.3 is 5.32 Å². The van der Waals surface area contributed by atoms with E-state index in [-0.39, 0.29) is 0 Å². The normalized spacial score (nSPS) is 22.5. The van der Waals surface area contributed by atoms with Crippen LogP contribution in [0.25, 0.3) is 0 Å². The summed E-state index contributed by atoms with van der Waals surface area (Å²) in [6.45, 7) is 8.47. The lowest BCUT2D eigenvalue weighted by molar-refractivity contribution is 0.534. The van der Waals surface area contributed by atoms with Gasteiger partial charge in [-0.15, -0.1) is 0 Å². The van der Waals surface area contributed by atoms with Crippen molar-refractivity contribution >= 4 is 0 Å². The highest BCUT2D eigenvalue weighted by molar-refractivity contribution is 5.18. The molecule has 78 valence electrons. The van der Waals surface area contributed by atoms with E-state index in [2.05, 4.69) is 24.0 Å². The van der Waals surface area contributed by atoms with E-state index in [0.717, 1.165) is 12.3 Å². The Morgan fingerprint density at radius 3 is 3.00 bits per heavy atom. The molecule has 0 bridgehead atoms. The third-order valence-electron chi connectivity index (χ3n) is 2.67. The number of rotatable bonds is 5. The molecule has 1 heteroatoms. The molecule has 1 saturated heterocycles. The molecule has 0 amide bonds. The van der Waals surface area contributed by atoms with Crippen molar-refractivity contribution in [1.29, 1.82) is 0 Å². The van der Waals surface area contributed by atoms with Crippen molar-refractivity contribution in [2.45, 2.75) is 26.2 Å². The van der Waals surface area contributed by atoms with Crippen LogP contribution in [0, 0.1) is 5.92 Å². The second-order valence-corrected chi connectivity index (χ2v) is 3.94. The van der Waals surface area contributed by atoms with Crippen LogP contribution in [0.2, 0.25) is 0 Å². The molecule has 1 fully saturated rings. The van der Waals surface area contributed by atoms with Crippen LogP contribution in [0.3, 0.4) is 0 Å². The average molecular weight is 191 g/mol. The van der Waals surface area contributed by atoms with Gasteiger partial charge in [-0.05, 0) is 45.2 Å².